The molecule has 0 fully saturated rings. The summed E-state index contributed by atoms with van der Waals surface area (Å²) in [4.78, 5) is 10.7. The minimum Gasteiger partial charge on any atom is -0.508 e. The molecular weight excluding hydrogens is 259 g/mol. The number of carbonyl (C=O) groups is 1. The van der Waals surface area contributed by atoms with Crippen LogP contribution in [0.2, 0.25) is 0 Å². The van der Waals surface area contributed by atoms with Gasteiger partial charge in [0.1, 0.15) is 17.7 Å². The first kappa shape index (κ1) is 14.9. The number of halogens is 1. The van der Waals surface area contributed by atoms with E-state index in [-0.39, 0.29) is 22.8 Å². The number of aliphatic hydroxyl groups is 2. The van der Waals surface area contributed by atoms with Crippen LogP contribution >= 0.6 is 11.8 Å². The van der Waals surface area contributed by atoms with E-state index < -0.39 is 18.0 Å². The van der Waals surface area contributed by atoms with Crippen molar-refractivity contribution in [3.63, 3.8) is 0 Å². The van der Waals surface area contributed by atoms with E-state index in [1.807, 2.05) is 0 Å². The van der Waals surface area contributed by atoms with Gasteiger partial charge in [0.2, 0.25) is 0 Å². The standard InChI is InChI=1S/C12H15FO4S/c1-7(14)18-3-2-11(16)12(17)8-4-9(13)6-10(15)5-8/h4-6,11-12,15-17H,2-3H2,1H3. The predicted molar refractivity (Wildman–Crippen MR) is 66.8 cm³/mol. The van der Waals surface area contributed by atoms with E-state index in [2.05, 4.69) is 0 Å². The fourth-order valence-corrected chi connectivity index (χ4v) is 2.12. The van der Waals surface area contributed by atoms with Gasteiger partial charge in [0.15, 0.2) is 5.12 Å². The average Bonchev–Trinajstić information content (AvgIpc) is 2.26. The van der Waals surface area contributed by atoms with Crippen molar-refractivity contribution >= 4 is 16.9 Å². The Hall–Kier alpha value is -1.11. The Morgan fingerprint density at radius 1 is 1.39 bits per heavy atom. The molecule has 1 rings (SSSR count). The SMILES string of the molecule is CC(=O)SCCC(O)C(O)c1cc(O)cc(F)c1. The van der Waals surface area contributed by atoms with Gasteiger partial charge >= 0.3 is 0 Å². The fourth-order valence-electron chi connectivity index (χ4n) is 1.47. The molecule has 0 amide bonds. The van der Waals surface area contributed by atoms with Crippen LogP contribution in [0.3, 0.4) is 0 Å². The molecule has 3 N–H and O–H groups in total. The van der Waals surface area contributed by atoms with Crippen LogP contribution in [0.15, 0.2) is 18.2 Å². The second kappa shape index (κ2) is 6.72. The minimum atomic E-state index is -1.29. The van der Waals surface area contributed by atoms with Gasteiger partial charge < -0.3 is 15.3 Å². The van der Waals surface area contributed by atoms with Gasteiger partial charge in [0, 0.05) is 18.7 Å². The lowest BCUT2D eigenvalue weighted by molar-refractivity contribution is -0.109. The van der Waals surface area contributed by atoms with Crippen LogP contribution in [0.1, 0.15) is 25.0 Å². The van der Waals surface area contributed by atoms with E-state index in [9.17, 15) is 24.5 Å². The Bertz CT molecular complexity index is 404. The number of benzene rings is 1. The van der Waals surface area contributed by atoms with Gasteiger partial charge in [-0.2, -0.15) is 0 Å². The molecule has 0 aromatic heterocycles. The Morgan fingerprint density at radius 3 is 2.61 bits per heavy atom. The first-order chi connectivity index (χ1) is 8.40. The maximum atomic E-state index is 13.0. The molecule has 1 aromatic carbocycles. The number of phenols is 1. The van der Waals surface area contributed by atoms with E-state index in [1.165, 1.54) is 13.0 Å². The molecule has 1 aromatic rings. The molecule has 0 aliphatic heterocycles. The number of aromatic hydroxyl groups is 1. The molecule has 6 heteroatoms. The average molecular weight is 274 g/mol. The second-order valence-electron chi connectivity index (χ2n) is 3.88. The van der Waals surface area contributed by atoms with Crippen LogP contribution in [-0.2, 0) is 4.79 Å². The van der Waals surface area contributed by atoms with Gasteiger partial charge in [-0.25, -0.2) is 4.39 Å². The molecule has 0 radical (unpaired) electrons. The summed E-state index contributed by atoms with van der Waals surface area (Å²) >= 11 is 1.05. The van der Waals surface area contributed by atoms with Crippen molar-refractivity contribution in [3.8, 4) is 5.75 Å². The number of aliphatic hydroxyl groups excluding tert-OH is 2. The summed E-state index contributed by atoms with van der Waals surface area (Å²) in [6, 6.07) is 3.15. The zero-order chi connectivity index (χ0) is 13.7. The van der Waals surface area contributed by atoms with Crippen LogP contribution in [-0.4, -0.2) is 32.3 Å². The Morgan fingerprint density at radius 2 is 2.06 bits per heavy atom. The van der Waals surface area contributed by atoms with Gasteiger partial charge in [0.05, 0.1) is 6.10 Å². The number of hydrogen-bond acceptors (Lipinski definition) is 5. The normalized spacial score (nSPS) is 14.2. The number of thioether (sulfide) groups is 1. The van der Waals surface area contributed by atoms with Gasteiger partial charge in [0.25, 0.3) is 0 Å². The quantitative estimate of drug-likeness (QED) is 0.760. The monoisotopic (exact) mass is 274 g/mol. The Labute approximate surface area is 108 Å². The summed E-state index contributed by atoms with van der Waals surface area (Å²) < 4.78 is 13.0. The Kier molecular flexibility index (Phi) is 5.58. The lowest BCUT2D eigenvalue weighted by Gasteiger charge is -2.18. The Balaban J connectivity index is 2.62. The maximum Gasteiger partial charge on any atom is 0.185 e. The summed E-state index contributed by atoms with van der Waals surface area (Å²) in [5.41, 5.74) is 0.104. The van der Waals surface area contributed by atoms with Crippen LogP contribution < -0.4 is 0 Å². The van der Waals surface area contributed by atoms with Crippen molar-refractivity contribution in [2.24, 2.45) is 0 Å². The zero-order valence-electron chi connectivity index (χ0n) is 9.84. The predicted octanol–water partition coefficient (Wildman–Crippen LogP) is 1.60. The largest absolute Gasteiger partial charge is 0.508 e. The molecule has 100 valence electrons. The molecule has 0 heterocycles. The van der Waals surface area contributed by atoms with Gasteiger partial charge in [-0.05, 0) is 24.1 Å². The molecule has 18 heavy (non-hydrogen) atoms. The third kappa shape index (κ3) is 4.64. The molecule has 0 bridgehead atoms. The highest BCUT2D eigenvalue weighted by Gasteiger charge is 2.19. The summed E-state index contributed by atoms with van der Waals surface area (Å²) in [6.45, 7) is 1.41. The van der Waals surface area contributed by atoms with Gasteiger partial charge in [-0.15, -0.1) is 0 Å². The number of hydrogen-bond donors (Lipinski definition) is 3. The highest BCUT2D eigenvalue weighted by molar-refractivity contribution is 8.13. The van der Waals surface area contributed by atoms with Crippen LogP contribution in [0.4, 0.5) is 4.39 Å². The lowest BCUT2D eigenvalue weighted by Crippen LogP contribution is -2.19. The molecular formula is C12H15FO4S. The molecule has 2 atom stereocenters. The third-order valence-corrected chi connectivity index (χ3v) is 3.18. The molecule has 0 aliphatic carbocycles. The molecule has 0 spiro atoms. The number of rotatable bonds is 5. The smallest absolute Gasteiger partial charge is 0.185 e. The number of phenolic OH excluding ortho intramolecular Hbond substituents is 1. The molecule has 0 saturated heterocycles. The highest BCUT2D eigenvalue weighted by atomic mass is 32.2. The fraction of sp³-hybridized carbons (Fsp3) is 0.417. The van der Waals surface area contributed by atoms with E-state index in [4.69, 9.17) is 0 Å². The first-order valence-corrected chi connectivity index (χ1v) is 6.37. The van der Waals surface area contributed by atoms with Crippen molar-refractivity contribution in [3.05, 3.63) is 29.6 Å². The zero-order valence-corrected chi connectivity index (χ0v) is 10.7. The molecule has 0 saturated carbocycles. The highest BCUT2D eigenvalue weighted by Crippen LogP contribution is 2.24. The van der Waals surface area contributed by atoms with Crippen LogP contribution in [0.25, 0.3) is 0 Å². The summed E-state index contributed by atoms with van der Waals surface area (Å²) in [5.74, 6) is -0.627. The third-order valence-electron chi connectivity index (χ3n) is 2.33. The van der Waals surface area contributed by atoms with Gasteiger partial charge in [-0.1, -0.05) is 11.8 Å². The summed E-state index contributed by atoms with van der Waals surface area (Å²) in [6.07, 6.45) is -2.21. The van der Waals surface area contributed by atoms with Crippen molar-refractivity contribution < 1.29 is 24.5 Å². The molecule has 4 nitrogen and oxygen atoms in total. The topological polar surface area (TPSA) is 77.8 Å². The molecule has 0 aliphatic rings. The minimum absolute atomic E-state index is 0.0694. The first-order valence-electron chi connectivity index (χ1n) is 5.39. The van der Waals surface area contributed by atoms with Crippen molar-refractivity contribution in [2.75, 3.05) is 5.75 Å². The van der Waals surface area contributed by atoms with Crippen LogP contribution in [0, 0.1) is 5.82 Å². The van der Waals surface area contributed by atoms with Crippen molar-refractivity contribution in [2.45, 2.75) is 25.6 Å². The summed E-state index contributed by atoms with van der Waals surface area (Å²) in [7, 11) is 0. The van der Waals surface area contributed by atoms with Crippen molar-refractivity contribution in [1.29, 1.82) is 0 Å². The van der Waals surface area contributed by atoms with E-state index in [1.54, 1.807) is 0 Å². The van der Waals surface area contributed by atoms with Gasteiger partial charge in [-0.3, -0.25) is 4.79 Å². The number of carbonyl (C=O) groups excluding carboxylic acids is 1. The maximum absolute atomic E-state index is 13.0. The van der Waals surface area contributed by atoms with E-state index in [0.29, 0.717) is 5.75 Å². The van der Waals surface area contributed by atoms with E-state index >= 15 is 0 Å². The van der Waals surface area contributed by atoms with Crippen molar-refractivity contribution in [1.82, 2.24) is 0 Å². The molecule has 2 unspecified atom stereocenters. The lowest BCUT2D eigenvalue weighted by atomic mass is 10.0. The van der Waals surface area contributed by atoms with E-state index in [0.717, 1.165) is 23.9 Å². The van der Waals surface area contributed by atoms with Crippen LogP contribution in [0.5, 0.6) is 5.75 Å². The second-order valence-corrected chi connectivity index (χ2v) is 5.16. The summed E-state index contributed by atoms with van der Waals surface area (Å²) in [5, 5.41) is 28.6.